The molecule has 0 aliphatic carbocycles. The number of nitrogens with zero attached hydrogens (tertiary/aromatic N) is 3. The smallest absolute Gasteiger partial charge is 0.108 e. The number of rotatable bonds is 10. The third kappa shape index (κ3) is 8.33. The van der Waals surface area contributed by atoms with E-state index in [0.717, 1.165) is 25.7 Å². The standard InChI is InChI=1S/C17H23N3O2/c18-20-19-17-12-6-5-10-16(17)11-9-15-22-14-8-4-2-1-3-7-13-21/h5-6,10,12,21H,1-4,7-8,13-15H2. The zero-order chi connectivity index (χ0) is 15.9. The first kappa shape index (κ1) is 18.1. The number of unbranched alkanes of at least 4 members (excludes halogenated alkanes) is 5. The molecule has 0 amide bonds. The van der Waals surface area contributed by atoms with Gasteiger partial charge in [0.25, 0.3) is 0 Å². The Morgan fingerprint density at radius 1 is 1.09 bits per heavy atom. The van der Waals surface area contributed by atoms with E-state index in [-0.39, 0.29) is 0 Å². The lowest BCUT2D eigenvalue weighted by Gasteiger charge is -2.01. The van der Waals surface area contributed by atoms with Gasteiger partial charge >= 0.3 is 0 Å². The predicted molar refractivity (Wildman–Crippen MR) is 87.7 cm³/mol. The minimum Gasteiger partial charge on any atom is -0.396 e. The zero-order valence-electron chi connectivity index (χ0n) is 12.9. The summed E-state index contributed by atoms with van der Waals surface area (Å²) in [5.41, 5.74) is 9.73. The molecule has 5 nitrogen and oxygen atoms in total. The number of aliphatic hydroxyl groups is 1. The first-order valence-corrected chi connectivity index (χ1v) is 7.70. The van der Waals surface area contributed by atoms with Gasteiger partial charge in [0.1, 0.15) is 6.61 Å². The van der Waals surface area contributed by atoms with Crippen LogP contribution in [0.25, 0.3) is 10.4 Å². The Morgan fingerprint density at radius 2 is 1.82 bits per heavy atom. The molecule has 0 saturated carbocycles. The molecular weight excluding hydrogens is 278 g/mol. The fraction of sp³-hybridized carbons (Fsp3) is 0.529. The number of aliphatic hydroxyl groups excluding tert-OH is 1. The minimum absolute atomic E-state index is 0.296. The van der Waals surface area contributed by atoms with E-state index in [1.807, 2.05) is 18.2 Å². The van der Waals surface area contributed by atoms with Crippen molar-refractivity contribution in [3.05, 3.63) is 40.3 Å². The molecule has 0 unspecified atom stereocenters. The maximum absolute atomic E-state index is 8.66. The monoisotopic (exact) mass is 301 g/mol. The largest absolute Gasteiger partial charge is 0.396 e. The van der Waals surface area contributed by atoms with Gasteiger partial charge in [-0.3, -0.25) is 0 Å². The average molecular weight is 301 g/mol. The van der Waals surface area contributed by atoms with Crippen molar-refractivity contribution in [2.75, 3.05) is 19.8 Å². The SMILES string of the molecule is [N-]=[N+]=Nc1ccccc1C#CCOCCCCCCCCO. The van der Waals surface area contributed by atoms with Crippen LogP contribution in [0.15, 0.2) is 29.4 Å². The molecule has 1 aromatic carbocycles. The molecule has 1 aromatic rings. The second-order valence-electron chi connectivity index (χ2n) is 4.91. The summed E-state index contributed by atoms with van der Waals surface area (Å²) in [6.07, 6.45) is 6.57. The van der Waals surface area contributed by atoms with Gasteiger partial charge in [0, 0.05) is 23.7 Å². The van der Waals surface area contributed by atoms with E-state index in [2.05, 4.69) is 21.9 Å². The summed E-state index contributed by atoms with van der Waals surface area (Å²) >= 11 is 0. The average Bonchev–Trinajstić information content (AvgIpc) is 2.54. The van der Waals surface area contributed by atoms with Gasteiger partial charge < -0.3 is 9.84 Å². The second kappa shape index (κ2) is 12.7. The van der Waals surface area contributed by atoms with Gasteiger partial charge in [-0.2, -0.15) is 0 Å². The molecule has 0 aliphatic rings. The summed E-state index contributed by atoms with van der Waals surface area (Å²) in [5, 5.41) is 12.3. The maximum atomic E-state index is 8.66. The summed E-state index contributed by atoms with van der Waals surface area (Å²) in [7, 11) is 0. The van der Waals surface area contributed by atoms with Crippen molar-refractivity contribution in [1.29, 1.82) is 0 Å². The molecule has 0 atom stereocenters. The van der Waals surface area contributed by atoms with Crippen molar-refractivity contribution >= 4 is 5.69 Å². The molecular formula is C17H23N3O2. The molecule has 0 radical (unpaired) electrons. The predicted octanol–water partition coefficient (Wildman–Crippen LogP) is 4.33. The van der Waals surface area contributed by atoms with E-state index in [0.29, 0.717) is 31.1 Å². The van der Waals surface area contributed by atoms with Crippen LogP contribution in [0.4, 0.5) is 5.69 Å². The molecule has 0 aromatic heterocycles. The summed E-state index contributed by atoms with van der Waals surface area (Å²) < 4.78 is 5.47. The molecule has 1 N–H and O–H groups in total. The number of benzene rings is 1. The normalized spacial score (nSPS) is 9.68. The lowest BCUT2D eigenvalue weighted by atomic mass is 10.1. The molecule has 0 aliphatic heterocycles. The maximum Gasteiger partial charge on any atom is 0.108 e. The van der Waals surface area contributed by atoms with Crippen LogP contribution < -0.4 is 0 Å². The Kier molecular flexibility index (Phi) is 10.4. The van der Waals surface area contributed by atoms with E-state index >= 15 is 0 Å². The Hall–Kier alpha value is -1.99. The van der Waals surface area contributed by atoms with Crippen LogP contribution in [0, 0.1) is 11.8 Å². The Balaban J connectivity index is 2.14. The van der Waals surface area contributed by atoms with Gasteiger partial charge in [-0.1, -0.05) is 60.8 Å². The highest BCUT2D eigenvalue weighted by Crippen LogP contribution is 2.17. The molecule has 1 rings (SSSR count). The van der Waals surface area contributed by atoms with Crippen LogP contribution in [-0.2, 0) is 4.74 Å². The topological polar surface area (TPSA) is 78.2 Å². The summed E-state index contributed by atoms with van der Waals surface area (Å²) in [6, 6.07) is 7.23. The highest BCUT2D eigenvalue weighted by Gasteiger charge is 1.94. The van der Waals surface area contributed by atoms with Crippen LogP contribution in [0.5, 0.6) is 0 Å². The van der Waals surface area contributed by atoms with E-state index in [4.69, 9.17) is 15.4 Å². The molecule has 0 bridgehead atoms. The van der Waals surface area contributed by atoms with Crippen LogP contribution >= 0.6 is 0 Å². The third-order valence-electron chi connectivity index (χ3n) is 3.15. The Morgan fingerprint density at radius 3 is 2.59 bits per heavy atom. The van der Waals surface area contributed by atoms with Crippen molar-refractivity contribution in [3.63, 3.8) is 0 Å². The van der Waals surface area contributed by atoms with Crippen LogP contribution in [0.3, 0.4) is 0 Å². The lowest BCUT2D eigenvalue weighted by molar-refractivity contribution is 0.161. The molecule has 0 spiro atoms. The molecule has 0 fully saturated rings. The lowest BCUT2D eigenvalue weighted by Crippen LogP contribution is -1.95. The van der Waals surface area contributed by atoms with Gasteiger partial charge in [0.05, 0.1) is 5.69 Å². The second-order valence-corrected chi connectivity index (χ2v) is 4.91. The number of hydrogen-bond acceptors (Lipinski definition) is 3. The first-order chi connectivity index (χ1) is 10.9. The minimum atomic E-state index is 0.296. The fourth-order valence-electron chi connectivity index (χ4n) is 1.99. The van der Waals surface area contributed by atoms with Crippen LogP contribution in [0.1, 0.15) is 44.1 Å². The molecule has 0 saturated heterocycles. The Labute approximate surface area is 131 Å². The van der Waals surface area contributed by atoms with E-state index in [1.165, 1.54) is 12.8 Å². The van der Waals surface area contributed by atoms with Gasteiger partial charge in [-0.25, -0.2) is 0 Å². The molecule has 5 heteroatoms. The van der Waals surface area contributed by atoms with Gasteiger partial charge in [0.15, 0.2) is 0 Å². The van der Waals surface area contributed by atoms with Crippen molar-refractivity contribution < 1.29 is 9.84 Å². The van der Waals surface area contributed by atoms with E-state index in [1.54, 1.807) is 6.07 Å². The van der Waals surface area contributed by atoms with Crippen LogP contribution in [-0.4, -0.2) is 24.9 Å². The Bertz CT molecular complexity index is 528. The zero-order valence-corrected chi connectivity index (χ0v) is 12.9. The van der Waals surface area contributed by atoms with Crippen molar-refractivity contribution in [3.8, 4) is 11.8 Å². The highest BCUT2D eigenvalue weighted by molar-refractivity contribution is 5.54. The highest BCUT2D eigenvalue weighted by atomic mass is 16.5. The van der Waals surface area contributed by atoms with Crippen molar-refractivity contribution in [1.82, 2.24) is 0 Å². The number of azide groups is 1. The molecule has 0 heterocycles. The van der Waals surface area contributed by atoms with Gasteiger partial charge in [-0.15, -0.1) is 0 Å². The molecule has 22 heavy (non-hydrogen) atoms. The van der Waals surface area contributed by atoms with Crippen LogP contribution in [0.2, 0.25) is 0 Å². The fourth-order valence-corrected chi connectivity index (χ4v) is 1.99. The number of ether oxygens (including phenoxy) is 1. The summed E-state index contributed by atoms with van der Waals surface area (Å²) in [4.78, 5) is 2.78. The summed E-state index contributed by atoms with van der Waals surface area (Å²) in [5.74, 6) is 5.90. The summed E-state index contributed by atoms with van der Waals surface area (Å²) in [6.45, 7) is 1.40. The van der Waals surface area contributed by atoms with Crippen molar-refractivity contribution in [2.45, 2.75) is 38.5 Å². The third-order valence-corrected chi connectivity index (χ3v) is 3.15. The van der Waals surface area contributed by atoms with Gasteiger partial charge in [0.2, 0.25) is 0 Å². The first-order valence-electron chi connectivity index (χ1n) is 7.70. The molecule has 118 valence electrons. The van der Waals surface area contributed by atoms with E-state index in [9.17, 15) is 0 Å². The van der Waals surface area contributed by atoms with Crippen molar-refractivity contribution in [2.24, 2.45) is 5.11 Å². The quantitative estimate of drug-likeness (QED) is 0.229. The van der Waals surface area contributed by atoms with Gasteiger partial charge in [-0.05, 0) is 24.4 Å². The van der Waals surface area contributed by atoms with E-state index < -0.39 is 0 Å². The number of hydrogen-bond donors (Lipinski definition) is 1.